The number of pyridine rings is 1. The van der Waals surface area contributed by atoms with Crippen molar-refractivity contribution < 1.29 is 14.3 Å². The number of carbonyl (C=O) groups excluding carboxylic acids is 1. The fraction of sp³-hybridized carbons (Fsp3) is 0.240. The van der Waals surface area contributed by atoms with E-state index in [2.05, 4.69) is 15.4 Å². The molecule has 1 N–H and O–H groups in total. The van der Waals surface area contributed by atoms with Gasteiger partial charge in [-0.1, -0.05) is 42.5 Å². The number of carbonyl (C=O) groups is 1. The van der Waals surface area contributed by atoms with Crippen LogP contribution in [-0.4, -0.2) is 33.9 Å². The minimum Gasteiger partial charge on any atom is -0.497 e. The molecule has 4 aromatic rings. The van der Waals surface area contributed by atoms with Crippen LogP contribution in [0.25, 0.3) is 22.2 Å². The maximum atomic E-state index is 12.7. The molecule has 0 saturated heterocycles. The number of aromatic nitrogens is 3. The summed E-state index contributed by atoms with van der Waals surface area (Å²) in [5.41, 5.74) is 4.56. The molecule has 7 nitrogen and oxygen atoms in total. The van der Waals surface area contributed by atoms with E-state index in [0.29, 0.717) is 18.1 Å². The van der Waals surface area contributed by atoms with Crippen molar-refractivity contribution in [3.63, 3.8) is 0 Å². The van der Waals surface area contributed by atoms with E-state index < -0.39 is 6.10 Å². The molecule has 2 aromatic carbocycles. The second kappa shape index (κ2) is 9.09. The van der Waals surface area contributed by atoms with E-state index >= 15 is 0 Å². The number of amides is 1. The van der Waals surface area contributed by atoms with Crippen LogP contribution in [0.5, 0.6) is 11.6 Å². The number of rotatable bonds is 7. The number of benzene rings is 2. The van der Waals surface area contributed by atoms with Crippen molar-refractivity contribution in [1.82, 2.24) is 20.1 Å². The van der Waals surface area contributed by atoms with Crippen molar-refractivity contribution in [2.45, 2.75) is 26.5 Å². The largest absolute Gasteiger partial charge is 0.497 e. The normalized spacial score (nSPS) is 11.9. The average Bonchev–Trinajstić information content (AvgIpc) is 3.10. The van der Waals surface area contributed by atoms with Crippen LogP contribution in [-0.2, 0) is 18.4 Å². The molecule has 0 fully saturated rings. The highest BCUT2D eigenvalue weighted by molar-refractivity contribution is 5.95. The average molecular weight is 431 g/mol. The lowest BCUT2D eigenvalue weighted by Gasteiger charge is -2.16. The second-order valence-electron chi connectivity index (χ2n) is 7.61. The van der Waals surface area contributed by atoms with Crippen molar-refractivity contribution in [2.24, 2.45) is 7.05 Å². The predicted octanol–water partition coefficient (Wildman–Crippen LogP) is 4.04. The van der Waals surface area contributed by atoms with E-state index in [1.165, 1.54) is 0 Å². The Kier molecular flexibility index (Phi) is 6.07. The summed E-state index contributed by atoms with van der Waals surface area (Å²) in [6, 6.07) is 19.5. The molecule has 0 aliphatic heterocycles. The van der Waals surface area contributed by atoms with Crippen LogP contribution in [0.4, 0.5) is 0 Å². The summed E-state index contributed by atoms with van der Waals surface area (Å²) >= 11 is 0. The van der Waals surface area contributed by atoms with E-state index in [4.69, 9.17) is 9.47 Å². The van der Waals surface area contributed by atoms with Gasteiger partial charge in [-0.05, 0) is 42.7 Å². The number of ether oxygens (including phenoxy) is 2. The van der Waals surface area contributed by atoms with Crippen LogP contribution in [0.3, 0.4) is 0 Å². The monoisotopic (exact) mass is 430 g/mol. The first-order valence-corrected chi connectivity index (χ1v) is 10.4. The molecule has 0 radical (unpaired) electrons. The molecule has 4 rings (SSSR count). The molecule has 0 aliphatic rings. The molecule has 1 amide bonds. The molecule has 0 saturated carbocycles. The molecule has 0 bridgehead atoms. The third-order valence-corrected chi connectivity index (χ3v) is 5.30. The lowest BCUT2D eigenvalue weighted by Crippen LogP contribution is -2.36. The van der Waals surface area contributed by atoms with Gasteiger partial charge in [0, 0.05) is 19.7 Å². The number of nitrogens with zero attached hydrogens (tertiary/aromatic N) is 3. The topological polar surface area (TPSA) is 78.3 Å². The minimum absolute atomic E-state index is 0.225. The van der Waals surface area contributed by atoms with Gasteiger partial charge in [-0.2, -0.15) is 10.1 Å². The van der Waals surface area contributed by atoms with Crippen molar-refractivity contribution in [3.8, 4) is 22.8 Å². The van der Waals surface area contributed by atoms with Gasteiger partial charge in [0.15, 0.2) is 11.8 Å². The number of methoxy groups -OCH3 is 1. The number of hydrogen-bond acceptors (Lipinski definition) is 5. The highest BCUT2D eigenvalue weighted by atomic mass is 16.5. The Morgan fingerprint density at radius 2 is 1.91 bits per heavy atom. The van der Waals surface area contributed by atoms with E-state index in [-0.39, 0.29) is 5.91 Å². The molecule has 7 heteroatoms. The first-order chi connectivity index (χ1) is 15.5. The Bertz CT molecular complexity index is 1250. The lowest BCUT2D eigenvalue weighted by atomic mass is 10.0. The van der Waals surface area contributed by atoms with E-state index in [1.54, 1.807) is 18.7 Å². The number of nitrogens with one attached hydrogen (secondary N) is 1. The van der Waals surface area contributed by atoms with E-state index in [1.807, 2.05) is 74.6 Å². The number of hydrogen-bond donors (Lipinski definition) is 1. The molecular weight excluding hydrogens is 404 g/mol. The zero-order valence-corrected chi connectivity index (χ0v) is 18.6. The first kappa shape index (κ1) is 21.4. The zero-order valence-electron chi connectivity index (χ0n) is 18.6. The van der Waals surface area contributed by atoms with Gasteiger partial charge in [-0.15, -0.1) is 0 Å². The maximum absolute atomic E-state index is 12.7. The van der Waals surface area contributed by atoms with Crippen LogP contribution < -0.4 is 14.8 Å². The van der Waals surface area contributed by atoms with Gasteiger partial charge in [-0.3, -0.25) is 9.48 Å². The van der Waals surface area contributed by atoms with Crippen LogP contribution in [0, 0.1) is 6.92 Å². The van der Waals surface area contributed by atoms with Crippen molar-refractivity contribution in [1.29, 1.82) is 0 Å². The second-order valence-corrected chi connectivity index (χ2v) is 7.61. The van der Waals surface area contributed by atoms with Crippen LogP contribution in [0.2, 0.25) is 0 Å². The first-order valence-electron chi connectivity index (χ1n) is 10.4. The summed E-state index contributed by atoms with van der Waals surface area (Å²) in [5.74, 6) is 0.902. The Balaban J connectivity index is 1.55. The lowest BCUT2D eigenvalue weighted by molar-refractivity contribution is -0.127. The van der Waals surface area contributed by atoms with Gasteiger partial charge < -0.3 is 14.8 Å². The third kappa shape index (κ3) is 4.42. The SMILES string of the molecule is COc1cccc(CNC(=O)C(C)Oc2cc(-c3ccccc3)c3c(C)nn(C)c3n2)c1. The molecule has 2 heterocycles. The van der Waals surface area contributed by atoms with E-state index in [9.17, 15) is 4.79 Å². The minimum atomic E-state index is -0.719. The summed E-state index contributed by atoms with van der Waals surface area (Å²) in [5, 5.41) is 8.40. The van der Waals surface area contributed by atoms with Gasteiger partial charge in [0.1, 0.15) is 5.75 Å². The highest BCUT2D eigenvalue weighted by Gasteiger charge is 2.19. The van der Waals surface area contributed by atoms with Gasteiger partial charge in [0.2, 0.25) is 5.88 Å². The molecule has 0 spiro atoms. The summed E-state index contributed by atoms with van der Waals surface area (Å²) in [6.45, 7) is 4.06. The van der Waals surface area contributed by atoms with Crippen molar-refractivity contribution in [3.05, 3.63) is 71.9 Å². The Morgan fingerprint density at radius 1 is 1.12 bits per heavy atom. The fourth-order valence-corrected chi connectivity index (χ4v) is 3.68. The van der Waals surface area contributed by atoms with Crippen molar-refractivity contribution >= 4 is 16.9 Å². The van der Waals surface area contributed by atoms with E-state index in [0.717, 1.165) is 33.5 Å². The summed E-state index contributed by atoms with van der Waals surface area (Å²) in [6.07, 6.45) is -0.719. The van der Waals surface area contributed by atoms with Gasteiger partial charge in [0.05, 0.1) is 18.2 Å². The molecule has 1 atom stereocenters. The third-order valence-electron chi connectivity index (χ3n) is 5.30. The predicted molar refractivity (Wildman–Crippen MR) is 124 cm³/mol. The molecule has 32 heavy (non-hydrogen) atoms. The fourth-order valence-electron chi connectivity index (χ4n) is 3.68. The molecule has 0 aliphatic carbocycles. The van der Waals surface area contributed by atoms with Crippen molar-refractivity contribution in [2.75, 3.05) is 7.11 Å². The van der Waals surface area contributed by atoms with Crippen LogP contribution in [0.1, 0.15) is 18.2 Å². The quantitative estimate of drug-likeness (QED) is 0.479. The standard InChI is InChI=1S/C25H26N4O3/c1-16-23-21(19-10-6-5-7-11-19)14-22(27-24(23)29(3)28-16)32-17(2)25(30)26-15-18-9-8-12-20(13-18)31-4/h5-14,17H,15H2,1-4H3,(H,26,30). The molecule has 1 unspecified atom stereocenters. The smallest absolute Gasteiger partial charge is 0.261 e. The highest BCUT2D eigenvalue weighted by Crippen LogP contribution is 2.33. The maximum Gasteiger partial charge on any atom is 0.261 e. The molecular formula is C25H26N4O3. The van der Waals surface area contributed by atoms with Gasteiger partial charge in [-0.25, -0.2) is 0 Å². The van der Waals surface area contributed by atoms with Gasteiger partial charge >= 0.3 is 0 Å². The number of fused-ring (bicyclic) bond motifs is 1. The molecule has 164 valence electrons. The summed E-state index contributed by atoms with van der Waals surface area (Å²) < 4.78 is 12.9. The molecule has 2 aromatic heterocycles. The summed E-state index contributed by atoms with van der Waals surface area (Å²) in [7, 11) is 3.47. The zero-order chi connectivity index (χ0) is 22.7. The summed E-state index contributed by atoms with van der Waals surface area (Å²) in [4.78, 5) is 17.3. The number of aryl methyl sites for hydroxylation is 2. The Morgan fingerprint density at radius 3 is 2.66 bits per heavy atom. The Labute approximate surface area is 187 Å². The van der Waals surface area contributed by atoms with Gasteiger partial charge in [0.25, 0.3) is 5.91 Å². The van der Waals surface area contributed by atoms with Crippen LogP contribution in [0.15, 0.2) is 60.7 Å². The Hall–Kier alpha value is -3.87. The van der Waals surface area contributed by atoms with Crippen LogP contribution >= 0.6 is 0 Å².